The van der Waals surface area contributed by atoms with Crippen LogP contribution in [-0.2, 0) is 9.47 Å². The van der Waals surface area contributed by atoms with Gasteiger partial charge < -0.3 is 9.47 Å². The molecule has 0 aromatic carbocycles. The Morgan fingerprint density at radius 3 is 3.00 bits per heavy atom. The molecule has 2 atom stereocenters. The standard InChI is InChI=1S/C9H15NO2/c1-2-8(7-10)12-9-5-3-4-6-11-9/h8-9H,2-6H2,1H3. The number of ether oxygens (including phenoxy) is 2. The van der Waals surface area contributed by atoms with Gasteiger partial charge in [0.1, 0.15) is 6.10 Å². The summed E-state index contributed by atoms with van der Waals surface area (Å²) in [5.41, 5.74) is 0. The molecule has 0 saturated carbocycles. The van der Waals surface area contributed by atoms with E-state index in [9.17, 15) is 0 Å². The van der Waals surface area contributed by atoms with Gasteiger partial charge in [0.2, 0.25) is 0 Å². The quantitative estimate of drug-likeness (QED) is 0.647. The van der Waals surface area contributed by atoms with Gasteiger partial charge in [0.15, 0.2) is 6.29 Å². The van der Waals surface area contributed by atoms with Gasteiger partial charge in [-0.25, -0.2) is 0 Å². The van der Waals surface area contributed by atoms with Gasteiger partial charge in [0.05, 0.1) is 6.07 Å². The molecule has 0 aliphatic carbocycles. The molecule has 0 N–H and O–H groups in total. The largest absolute Gasteiger partial charge is 0.353 e. The normalized spacial score (nSPS) is 26.2. The van der Waals surface area contributed by atoms with E-state index in [2.05, 4.69) is 6.07 Å². The minimum absolute atomic E-state index is 0.136. The molecule has 1 aliphatic heterocycles. The van der Waals surface area contributed by atoms with Crippen LogP contribution in [0.4, 0.5) is 0 Å². The average molecular weight is 169 g/mol. The fourth-order valence-corrected chi connectivity index (χ4v) is 1.22. The monoisotopic (exact) mass is 169 g/mol. The third-order valence-electron chi connectivity index (χ3n) is 1.97. The zero-order valence-corrected chi connectivity index (χ0v) is 7.45. The van der Waals surface area contributed by atoms with Crippen LogP contribution in [0.15, 0.2) is 0 Å². The van der Waals surface area contributed by atoms with Crippen molar-refractivity contribution in [1.82, 2.24) is 0 Å². The summed E-state index contributed by atoms with van der Waals surface area (Å²) in [5, 5.41) is 8.63. The van der Waals surface area contributed by atoms with Crippen LogP contribution in [0.2, 0.25) is 0 Å². The summed E-state index contributed by atoms with van der Waals surface area (Å²) < 4.78 is 10.7. The van der Waals surface area contributed by atoms with Crippen LogP contribution >= 0.6 is 0 Å². The second kappa shape index (κ2) is 5.13. The maximum absolute atomic E-state index is 8.63. The predicted molar refractivity (Wildman–Crippen MR) is 44.4 cm³/mol. The lowest BCUT2D eigenvalue weighted by molar-refractivity contribution is -0.177. The maximum atomic E-state index is 8.63. The molecule has 0 spiro atoms. The third kappa shape index (κ3) is 2.80. The summed E-state index contributed by atoms with van der Waals surface area (Å²) >= 11 is 0. The van der Waals surface area contributed by atoms with Crippen LogP contribution in [-0.4, -0.2) is 19.0 Å². The van der Waals surface area contributed by atoms with Crippen LogP contribution in [0.3, 0.4) is 0 Å². The van der Waals surface area contributed by atoms with Crippen molar-refractivity contribution in [3.05, 3.63) is 0 Å². The van der Waals surface area contributed by atoms with Crippen LogP contribution in [0.25, 0.3) is 0 Å². The van der Waals surface area contributed by atoms with E-state index in [-0.39, 0.29) is 12.4 Å². The first-order chi connectivity index (χ1) is 5.86. The van der Waals surface area contributed by atoms with Crippen LogP contribution in [0.5, 0.6) is 0 Å². The molecule has 0 aromatic rings. The van der Waals surface area contributed by atoms with E-state index >= 15 is 0 Å². The molecular weight excluding hydrogens is 154 g/mol. The Morgan fingerprint density at radius 1 is 1.67 bits per heavy atom. The Kier molecular flexibility index (Phi) is 4.06. The van der Waals surface area contributed by atoms with Crippen molar-refractivity contribution >= 4 is 0 Å². The highest BCUT2D eigenvalue weighted by Gasteiger charge is 2.17. The van der Waals surface area contributed by atoms with E-state index in [1.54, 1.807) is 0 Å². The molecule has 68 valence electrons. The predicted octanol–water partition coefficient (Wildman–Crippen LogP) is 1.83. The molecule has 2 unspecified atom stereocenters. The molecular formula is C9H15NO2. The first-order valence-electron chi connectivity index (χ1n) is 4.53. The molecule has 1 rings (SSSR count). The molecule has 0 aromatic heterocycles. The minimum atomic E-state index is -0.298. The Hall–Kier alpha value is -0.590. The van der Waals surface area contributed by atoms with Gasteiger partial charge in [0.25, 0.3) is 0 Å². The lowest BCUT2D eigenvalue weighted by Crippen LogP contribution is -2.26. The number of nitrogens with zero attached hydrogens (tertiary/aromatic N) is 1. The molecule has 3 nitrogen and oxygen atoms in total. The Labute approximate surface area is 73.3 Å². The Balaban J connectivity index is 2.24. The van der Waals surface area contributed by atoms with Crippen molar-refractivity contribution in [3.8, 4) is 6.07 Å². The molecule has 1 aliphatic rings. The Morgan fingerprint density at radius 2 is 2.50 bits per heavy atom. The molecule has 1 saturated heterocycles. The SMILES string of the molecule is CCC(C#N)OC1CCCCO1. The highest BCUT2D eigenvalue weighted by molar-refractivity contribution is 4.83. The van der Waals surface area contributed by atoms with E-state index in [0.717, 1.165) is 32.3 Å². The van der Waals surface area contributed by atoms with Crippen molar-refractivity contribution in [3.63, 3.8) is 0 Å². The molecule has 1 fully saturated rings. The molecule has 3 heteroatoms. The lowest BCUT2D eigenvalue weighted by atomic mass is 10.2. The van der Waals surface area contributed by atoms with Crippen molar-refractivity contribution < 1.29 is 9.47 Å². The van der Waals surface area contributed by atoms with Gasteiger partial charge in [-0.3, -0.25) is 0 Å². The fourth-order valence-electron chi connectivity index (χ4n) is 1.22. The summed E-state index contributed by atoms with van der Waals surface area (Å²) in [7, 11) is 0. The summed E-state index contributed by atoms with van der Waals surface area (Å²) in [5.74, 6) is 0. The Bertz CT molecular complexity index is 158. The third-order valence-corrected chi connectivity index (χ3v) is 1.97. The smallest absolute Gasteiger partial charge is 0.159 e. The molecule has 0 amide bonds. The zero-order valence-electron chi connectivity index (χ0n) is 7.45. The number of rotatable bonds is 3. The molecule has 0 radical (unpaired) electrons. The first kappa shape index (κ1) is 9.50. The van der Waals surface area contributed by atoms with Crippen LogP contribution in [0.1, 0.15) is 32.6 Å². The van der Waals surface area contributed by atoms with E-state index in [1.807, 2.05) is 6.92 Å². The highest BCUT2D eigenvalue weighted by atomic mass is 16.7. The van der Waals surface area contributed by atoms with Gasteiger partial charge in [-0.05, 0) is 25.7 Å². The van der Waals surface area contributed by atoms with Gasteiger partial charge >= 0.3 is 0 Å². The second-order valence-electron chi connectivity index (χ2n) is 2.96. The molecule has 1 heterocycles. The van der Waals surface area contributed by atoms with Gasteiger partial charge in [-0.15, -0.1) is 0 Å². The van der Waals surface area contributed by atoms with Crippen molar-refractivity contribution in [2.24, 2.45) is 0 Å². The number of hydrogen-bond donors (Lipinski definition) is 0. The second-order valence-corrected chi connectivity index (χ2v) is 2.96. The van der Waals surface area contributed by atoms with E-state index in [4.69, 9.17) is 14.7 Å². The lowest BCUT2D eigenvalue weighted by Gasteiger charge is -2.24. The van der Waals surface area contributed by atoms with Gasteiger partial charge in [0, 0.05) is 6.61 Å². The van der Waals surface area contributed by atoms with Crippen molar-refractivity contribution in [2.45, 2.75) is 45.0 Å². The topological polar surface area (TPSA) is 42.2 Å². The molecule has 0 bridgehead atoms. The summed E-state index contributed by atoms with van der Waals surface area (Å²) in [4.78, 5) is 0. The summed E-state index contributed by atoms with van der Waals surface area (Å²) in [6.45, 7) is 2.71. The van der Waals surface area contributed by atoms with E-state index < -0.39 is 0 Å². The van der Waals surface area contributed by atoms with Crippen LogP contribution < -0.4 is 0 Å². The minimum Gasteiger partial charge on any atom is -0.353 e. The van der Waals surface area contributed by atoms with Crippen molar-refractivity contribution in [2.75, 3.05) is 6.61 Å². The highest BCUT2D eigenvalue weighted by Crippen LogP contribution is 2.15. The average Bonchev–Trinajstić information content (AvgIpc) is 2.16. The summed E-state index contributed by atoms with van der Waals surface area (Å²) in [6, 6.07) is 2.10. The number of hydrogen-bond acceptors (Lipinski definition) is 3. The van der Waals surface area contributed by atoms with E-state index in [0.29, 0.717) is 0 Å². The molecule has 12 heavy (non-hydrogen) atoms. The van der Waals surface area contributed by atoms with E-state index in [1.165, 1.54) is 0 Å². The van der Waals surface area contributed by atoms with Gasteiger partial charge in [-0.2, -0.15) is 5.26 Å². The van der Waals surface area contributed by atoms with Crippen LogP contribution in [0, 0.1) is 11.3 Å². The number of nitriles is 1. The first-order valence-corrected chi connectivity index (χ1v) is 4.53. The van der Waals surface area contributed by atoms with Crippen molar-refractivity contribution in [1.29, 1.82) is 5.26 Å². The fraction of sp³-hybridized carbons (Fsp3) is 0.889. The maximum Gasteiger partial charge on any atom is 0.159 e. The zero-order chi connectivity index (χ0) is 8.81. The van der Waals surface area contributed by atoms with Gasteiger partial charge in [-0.1, -0.05) is 6.92 Å². The summed E-state index contributed by atoms with van der Waals surface area (Å²) in [6.07, 6.45) is 3.49.